The van der Waals surface area contributed by atoms with Gasteiger partial charge in [0.25, 0.3) is 0 Å². The number of hydrogen-bond donors (Lipinski definition) is 1. The van der Waals surface area contributed by atoms with Crippen molar-refractivity contribution in [3.05, 3.63) is 0 Å². The lowest BCUT2D eigenvalue weighted by atomic mass is 10.3. The summed E-state index contributed by atoms with van der Waals surface area (Å²) in [6.45, 7) is 3.43. The molecule has 0 aromatic carbocycles. The lowest BCUT2D eigenvalue weighted by molar-refractivity contribution is -0.142. The van der Waals surface area contributed by atoms with E-state index in [9.17, 15) is 18.0 Å². The third kappa shape index (κ3) is 3.83. The van der Waals surface area contributed by atoms with Crippen LogP contribution in [0.15, 0.2) is 0 Å². The molecular weight excluding hydrogens is 294 g/mol. The van der Waals surface area contributed by atoms with E-state index in [2.05, 4.69) is 4.74 Å². The standard InChI is InChI=1S/C10H17NO6S2/c1-3-8-11(7(5-18-8)10(13)14)19(15,16)6-9(12)17-4-2/h7-8H,3-6H2,1-2H3,(H,13,14). The summed E-state index contributed by atoms with van der Waals surface area (Å²) in [5.74, 6) is -2.69. The summed E-state index contributed by atoms with van der Waals surface area (Å²) in [6, 6.07) is -1.12. The molecule has 1 fully saturated rings. The van der Waals surface area contributed by atoms with Crippen molar-refractivity contribution in [2.24, 2.45) is 0 Å². The quantitative estimate of drug-likeness (QED) is 0.695. The molecule has 19 heavy (non-hydrogen) atoms. The number of sulfonamides is 1. The van der Waals surface area contributed by atoms with E-state index in [1.165, 1.54) is 11.8 Å². The molecule has 7 nitrogen and oxygen atoms in total. The van der Waals surface area contributed by atoms with E-state index < -0.39 is 39.1 Å². The number of carboxylic acids is 1. The highest BCUT2D eigenvalue weighted by Gasteiger charge is 2.45. The van der Waals surface area contributed by atoms with Gasteiger partial charge in [0.05, 0.1) is 12.0 Å². The zero-order valence-electron chi connectivity index (χ0n) is 10.7. The second kappa shape index (κ2) is 6.58. The average Bonchev–Trinajstić information content (AvgIpc) is 2.72. The van der Waals surface area contributed by atoms with Gasteiger partial charge in [-0.1, -0.05) is 6.92 Å². The van der Waals surface area contributed by atoms with Crippen LogP contribution in [-0.4, -0.2) is 59.3 Å². The fourth-order valence-electron chi connectivity index (χ4n) is 1.83. The van der Waals surface area contributed by atoms with E-state index in [4.69, 9.17) is 5.11 Å². The minimum atomic E-state index is -3.98. The van der Waals surface area contributed by atoms with Crippen molar-refractivity contribution >= 4 is 33.7 Å². The van der Waals surface area contributed by atoms with Crippen molar-refractivity contribution < 1.29 is 27.9 Å². The lowest BCUT2D eigenvalue weighted by Crippen LogP contribution is -2.47. The first kappa shape index (κ1) is 16.3. The topological polar surface area (TPSA) is 101 Å². The summed E-state index contributed by atoms with van der Waals surface area (Å²) < 4.78 is 29.8. The van der Waals surface area contributed by atoms with Gasteiger partial charge in [0.1, 0.15) is 6.04 Å². The van der Waals surface area contributed by atoms with Crippen LogP contribution in [0, 0.1) is 0 Å². The van der Waals surface area contributed by atoms with Gasteiger partial charge in [-0.3, -0.25) is 9.59 Å². The zero-order chi connectivity index (χ0) is 14.6. The summed E-state index contributed by atoms with van der Waals surface area (Å²) in [7, 11) is -3.98. The van der Waals surface area contributed by atoms with Gasteiger partial charge in [-0.15, -0.1) is 11.8 Å². The molecule has 0 aliphatic carbocycles. The van der Waals surface area contributed by atoms with Crippen molar-refractivity contribution in [3.8, 4) is 0 Å². The van der Waals surface area contributed by atoms with E-state index >= 15 is 0 Å². The van der Waals surface area contributed by atoms with Crippen molar-refractivity contribution in [2.45, 2.75) is 31.7 Å². The van der Waals surface area contributed by atoms with Gasteiger partial charge in [0, 0.05) is 5.75 Å². The van der Waals surface area contributed by atoms with Crippen LogP contribution in [0.3, 0.4) is 0 Å². The number of esters is 1. The highest BCUT2D eigenvalue weighted by Crippen LogP contribution is 2.34. The smallest absolute Gasteiger partial charge is 0.322 e. The molecule has 0 aromatic rings. The summed E-state index contributed by atoms with van der Waals surface area (Å²) in [5, 5.41) is 8.62. The Morgan fingerprint density at radius 2 is 2.05 bits per heavy atom. The van der Waals surface area contributed by atoms with Gasteiger partial charge in [0.2, 0.25) is 10.0 Å². The number of carboxylic acid groups (broad SMARTS) is 1. The molecular formula is C10H17NO6S2. The molecule has 0 radical (unpaired) electrons. The Morgan fingerprint density at radius 3 is 2.53 bits per heavy atom. The molecule has 0 bridgehead atoms. The van der Waals surface area contributed by atoms with E-state index in [1.807, 2.05) is 0 Å². The number of thioether (sulfide) groups is 1. The van der Waals surface area contributed by atoms with Gasteiger partial charge in [-0.25, -0.2) is 8.42 Å². The fraction of sp³-hybridized carbons (Fsp3) is 0.800. The number of carbonyl (C=O) groups is 2. The molecule has 0 amide bonds. The zero-order valence-corrected chi connectivity index (χ0v) is 12.4. The van der Waals surface area contributed by atoms with E-state index in [-0.39, 0.29) is 12.4 Å². The number of carbonyl (C=O) groups excluding carboxylic acids is 1. The highest BCUT2D eigenvalue weighted by molar-refractivity contribution is 8.01. The predicted octanol–water partition coefficient (Wildman–Crippen LogP) is 0.117. The van der Waals surface area contributed by atoms with Gasteiger partial charge in [-0.2, -0.15) is 4.31 Å². The molecule has 1 aliphatic rings. The Labute approximate surface area is 116 Å². The maximum atomic E-state index is 12.2. The van der Waals surface area contributed by atoms with E-state index in [0.717, 1.165) is 4.31 Å². The average molecular weight is 311 g/mol. The Morgan fingerprint density at radius 1 is 1.42 bits per heavy atom. The molecule has 110 valence electrons. The highest BCUT2D eigenvalue weighted by atomic mass is 32.2. The Hall–Kier alpha value is -0.800. The minimum absolute atomic E-state index is 0.0860. The first-order valence-corrected chi connectivity index (χ1v) is 8.50. The molecule has 0 spiro atoms. The number of ether oxygens (including phenoxy) is 1. The van der Waals surface area contributed by atoms with Crippen LogP contribution in [0.5, 0.6) is 0 Å². The number of hydrogen-bond acceptors (Lipinski definition) is 6. The molecule has 0 aromatic heterocycles. The second-order valence-corrected chi connectivity index (χ2v) is 7.03. The third-order valence-corrected chi connectivity index (χ3v) is 5.94. The summed E-state index contributed by atoms with van der Waals surface area (Å²) in [6.07, 6.45) is 0.483. The number of nitrogens with zero attached hydrogens (tertiary/aromatic N) is 1. The van der Waals surface area contributed by atoms with Crippen LogP contribution < -0.4 is 0 Å². The Kier molecular flexibility index (Phi) is 5.63. The van der Waals surface area contributed by atoms with Crippen LogP contribution in [0.25, 0.3) is 0 Å². The first-order valence-electron chi connectivity index (χ1n) is 5.84. The molecule has 1 saturated heterocycles. The normalized spacial score (nSPS) is 24.3. The number of aliphatic carboxylic acids is 1. The van der Waals surface area contributed by atoms with Crippen molar-refractivity contribution in [3.63, 3.8) is 0 Å². The molecule has 1 aliphatic heterocycles. The maximum Gasteiger partial charge on any atom is 0.322 e. The molecule has 9 heteroatoms. The van der Waals surface area contributed by atoms with Crippen molar-refractivity contribution in [1.82, 2.24) is 4.31 Å². The van der Waals surface area contributed by atoms with Crippen LogP contribution >= 0.6 is 11.8 Å². The molecule has 0 saturated carbocycles. The first-order chi connectivity index (χ1) is 8.83. The second-order valence-electron chi connectivity index (χ2n) is 3.94. The molecule has 2 atom stereocenters. The SMILES string of the molecule is CCOC(=O)CS(=O)(=O)N1C(CC)SCC1C(=O)O. The Balaban J connectivity index is 2.94. The summed E-state index contributed by atoms with van der Waals surface area (Å²) >= 11 is 1.27. The summed E-state index contributed by atoms with van der Waals surface area (Å²) in [5.41, 5.74) is 0. The van der Waals surface area contributed by atoms with Gasteiger partial charge in [-0.05, 0) is 13.3 Å². The largest absolute Gasteiger partial charge is 0.480 e. The van der Waals surface area contributed by atoms with Crippen molar-refractivity contribution in [2.75, 3.05) is 18.1 Å². The van der Waals surface area contributed by atoms with E-state index in [0.29, 0.717) is 6.42 Å². The van der Waals surface area contributed by atoms with Crippen LogP contribution in [0.4, 0.5) is 0 Å². The fourth-order valence-corrected chi connectivity index (χ4v) is 5.32. The predicted molar refractivity (Wildman–Crippen MR) is 70.2 cm³/mol. The monoisotopic (exact) mass is 311 g/mol. The molecule has 2 unspecified atom stereocenters. The third-order valence-electron chi connectivity index (χ3n) is 2.60. The van der Waals surface area contributed by atoms with Gasteiger partial charge < -0.3 is 9.84 Å². The van der Waals surface area contributed by atoms with Crippen LogP contribution in [0.2, 0.25) is 0 Å². The van der Waals surface area contributed by atoms with Gasteiger partial charge >= 0.3 is 11.9 Å². The summed E-state index contributed by atoms with van der Waals surface area (Å²) in [4.78, 5) is 22.4. The van der Waals surface area contributed by atoms with Gasteiger partial charge in [0.15, 0.2) is 5.75 Å². The molecule has 1 rings (SSSR count). The Bertz CT molecular complexity index is 449. The molecule has 1 N–H and O–H groups in total. The van der Waals surface area contributed by atoms with Crippen LogP contribution in [0.1, 0.15) is 20.3 Å². The minimum Gasteiger partial charge on any atom is -0.480 e. The van der Waals surface area contributed by atoms with Crippen LogP contribution in [-0.2, 0) is 24.3 Å². The molecule has 1 heterocycles. The lowest BCUT2D eigenvalue weighted by Gasteiger charge is -2.25. The van der Waals surface area contributed by atoms with Crippen molar-refractivity contribution in [1.29, 1.82) is 0 Å². The van der Waals surface area contributed by atoms with E-state index in [1.54, 1.807) is 13.8 Å². The number of rotatable bonds is 6. The maximum absolute atomic E-state index is 12.2.